The van der Waals surface area contributed by atoms with Crippen molar-refractivity contribution in [2.45, 2.75) is 70.6 Å². The summed E-state index contributed by atoms with van der Waals surface area (Å²) >= 11 is 0. The van der Waals surface area contributed by atoms with E-state index in [1.165, 1.54) is 50.3 Å². The van der Waals surface area contributed by atoms with Crippen LogP contribution in [0.5, 0.6) is 5.75 Å². The predicted molar refractivity (Wildman–Crippen MR) is 221 cm³/mol. The first-order valence-electron chi connectivity index (χ1n) is 18.7. The Balaban J connectivity index is 1.13. The van der Waals surface area contributed by atoms with Crippen LogP contribution in [0.3, 0.4) is 0 Å². The average molecular weight is 839 g/mol. The van der Waals surface area contributed by atoms with E-state index in [1.807, 2.05) is 13.8 Å². The van der Waals surface area contributed by atoms with E-state index in [2.05, 4.69) is 26.3 Å². The summed E-state index contributed by atoms with van der Waals surface area (Å²) in [4.78, 5) is 82.5. The number of nitrogens with two attached hydrogens (primary N) is 1. The van der Waals surface area contributed by atoms with Crippen LogP contribution in [0, 0.1) is 0 Å². The van der Waals surface area contributed by atoms with E-state index in [4.69, 9.17) is 14.3 Å². The van der Waals surface area contributed by atoms with E-state index >= 15 is 0 Å². The van der Waals surface area contributed by atoms with Gasteiger partial charge in [0.2, 0.25) is 23.6 Å². The van der Waals surface area contributed by atoms with E-state index in [0.717, 1.165) is 0 Å². The van der Waals surface area contributed by atoms with Crippen molar-refractivity contribution in [3.05, 3.63) is 123 Å². The zero-order valence-electron chi connectivity index (χ0n) is 32.9. The second-order valence-corrected chi connectivity index (χ2v) is 15.9. The molecule has 4 amide bonds. The summed E-state index contributed by atoms with van der Waals surface area (Å²) in [7, 11) is -5.03. The minimum absolute atomic E-state index is 0.0161. The number of benzene rings is 3. The fourth-order valence-electron chi connectivity index (χ4n) is 6.81. The van der Waals surface area contributed by atoms with Gasteiger partial charge in [0, 0.05) is 46.6 Å². The zero-order valence-corrected chi connectivity index (χ0v) is 33.7. The Morgan fingerprint density at radius 3 is 2.30 bits per heavy atom. The summed E-state index contributed by atoms with van der Waals surface area (Å²) < 4.78 is 43.7. The minimum atomic E-state index is -5.03. The molecule has 2 heterocycles. The maximum absolute atomic E-state index is 13.8. The number of fused-ring (bicyclic) bond motifs is 3. The highest BCUT2D eigenvalue weighted by atomic mass is 32.3. The Morgan fingerprint density at radius 1 is 0.883 bits per heavy atom. The summed E-state index contributed by atoms with van der Waals surface area (Å²) in [6.45, 7) is 6.09. The molecule has 6 rings (SSSR count). The molecule has 312 valence electrons. The van der Waals surface area contributed by atoms with Crippen LogP contribution in [0.1, 0.15) is 49.9 Å². The molecule has 1 aliphatic carbocycles. The molecule has 60 heavy (non-hydrogen) atoms. The number of ketones is 1. The number of nitrogen functional groups attached to an aromatic ring is 1. The molecule has 0 radical (unpaired) electrons. The Kier molecular flexibility index (Phi) is 12.2. The van der Waals surface area contributed by atoms with Crippen LogP contribution in [-0.4, -0.2) is 66.2 Å². The maximum atomic E-state index is 13.8. The fourth-order valence-corrected chi connectivity index (χ4v) is 7.19. The zero-order chi connectivity index (χ0) is 43.5. The average Bonchev–Trinajstić information content (AvgIpc) is 3.17. The molecular formula is C42H42N6O11S. The number of hydrogen-bond donors (Lipinski definition) is 6. The number of aliphatic imine (C=N–C) groups is 1. The van der Waals surface area contributed by atoms with Gasteiger partial charge in [0.25, 0.3) is 0 Å². The van der Waals surface area contributed by atoms with Crippen molar-refractivity contribution in [2.24, 2.45) is 4.99 Å². The maximum Gasteiger partial charge on any atom is 0.446 e. The fraction of sp³-hybridized carbons (Fsp3) is 0.262. The van der Waals surface area contributed by atoms with E-state index in [0.29, 0.717) is 39.2 Å². The number of rotatable bonds is 14. The molecule has 0 saturated carbocycles. The van der Waals surface area contributed by atoms with Crippen LogP contribution < -0.4 is 36.8 Å². The first-order valence-corrected chi connectivity index (χ1v) is 20.1. The van der Waals surface area contributed by atoms with Crippen LogP contribution in [0.4, 0.5) is 11.4 Å². The first-order chi connectivity index (χ1) is 28.3. The molecule has 1 aliphatic heterocycles. The van der Waals surface area contributed by atoms with Gasteiger partial charge in [-0.15, -0.1) is 0 Å². The van der Waals surface area contributed by atoms with Gasteiger partial charge in [-0.3, -0.25) is 28.5 Å². The molecule has 4 aromatic rings. The van der Waals surface area contributed by atoms with Crippen LogP contribution in [-0.2, 0) is 59.2 Å². The Labute approximate surface area is 344 Å². The van der Waals surface area contributed by atoms with Crippen molar-refractivity contribution >= 4 is 67.9 Å². The largest absolute Gasteiger partial charge is 0.446 e. The lowest BCUT2D eigenvalue weighted by Gasteiger charge is -2.35. The standard InChI is InChI=1S/C42H42N6O11S/c1-22(45-37(50)17-26-15-25-10-11-28(43)18-35(25)58-41(26)54)38(51)46-23(2)39(52)48-34(14-24-8-6-5-7-9-24)40(53)44-21-27-16-33-31(20-36(27)59-60(55,56)57)42(3,4)30-19-29(49)12-13-32(30)47-33/h5-13,15-16,18-20,22-23,34H,14,17,21,43H2,1-4H3,(H,44,53)(H,45,50)(H,46,51)(H,48,52)(H,55,56,57). The lowest BCUT2D eigenvalue weighted by atomic mass is 9.71. The number of nitrogens with zero attached hydrogens (tertiary/aromatic N) is 1. The number of hydrogen-bond acceptors (Lipinski definition) is 12. The van der Waals surface area contributed by atoms with Gasteiger partial charge in [-0.05, 0) is 79.1 Å². The van der Waals surface area contributed by atoms with Crippen molar-refractivity contribution in [2.75, 3.05) is 5.73 Å². The van der Waals surface area contributed by atoms with E-state index in [9.17, 15) is 41.7 Å². The number of nitrogens with one attached hydrogen (secondary N) is 4. The lowest BCUT2D eigenvalue weighted by molar-refractivity contribution is -0.133. The summed E-state index contributed by atoms with van der Waals surface area (Å²) in [5, 5.41) is 10.9. The lowest BCUT2D eigenvalue weighted by Crippen LogP contribution is -2.55. The molecule has 0 bridgehead atoms. The highest BCUT2D eigenvalue weighted by Crippen LogP contribution is 2.46. The Bertz CT molecular complexity index is 2690. The minimum Gasteiger partial charge on any atom is -0.422 e. The third-order valence-electron chi connectivity index (χ3n) is 10.0. The highest BCUT2D eigenvalue weighted by Gasteiger charge is 2.37. The van der Waals surface area contributed by atoms with Gasteiger partial charge in [-0.25, -0.2) is 9.79 Å². The van der Waals surface area contributed by atoms with Crippen LogP contribution in [0.25, 0.3) is 11.0 Å². The van der Waals surface area contributed by atoms with Gasteiger partial charge in [-0.1, -0.05) is 44.2 Å². The second-order valence-electron chi connectivity index (χ2n) is 14.9. The number of carbonyl (C=O) groups is 5. The van der Waals surface area contributed by atoms with Crippen molar-refractivity contribution in [3.63, 3.8) is 0 Å². The number of carbonyl (C=O) groups excluding carboxylic acids is 5. The van der Waals surface area contributed by atoms with Gasteiger partial charge in [0.1, 0.15) is 29.5 Å². The molecule has 0 saturated heterocycles. The van der Waals surface area contributed by atoms with Gasteiger partial charge < -0.3 is 35.6 Å². The molecule has 1 aromatic heterocycles. The third kappa shape index (κ3) is 10.0. The second kappa shape index (κ2) is 17.1. The van der Waals surface area contributed by atoms with Crippen LogP contribution >= 0.6 is 0 Å². The third-order valence-corrected chi connectivity index (χ3v) is 10.4. The van der Waals surface area contributed by atoms with E-state index < -0.39 is 63.2 Å². The Hall–Kier alpha value is -6.92. The van der Waals surface area contributed by atoms with Crippen molar-refractivity contribution in [3.8, 4) is 5.75 Å². The van der Waals surface area contributed by atoms with Gasteiger partial charge in [0.05, 0.1) is 17.8 Å². The van der Waals surface area contributed by atoms with E-state index in [-0.39, 0.29) is 47.6 Å². The molecular weight excluding hydrogens is 797 g/mol. The molecule has 3 unspecified atom stereocenters. The molecule has 17 nitrogen and oxygen atoms in total. The molecule has 3 aromatic carbocycles. The molecule has 7 N–H and O–H groups in total. The normalized spacial score (nSPS) is 15.6. The number of allylic oxidation sites excluding steroid dienone is 4. The number of amides is 4. The van der Waals surface area contributed by atoms with Crippen LogP contribution in [0.2, 0.25) is 0 Å². The topological polar surface area (TPSA) is 266 Å². The van der Waals surface area contributed by atoms with Gasteiger partial charge >= 0.3 is 16.0 Å². The molecule has 3 atom stereocenters. The summed E-state index contributed by atoms with van der Waals surface area (Å²) in [5.74, 6) is -3.33. The van der Waals surface area contributed by atoms with Crippen molar-refractivity contribution < 1.29 is 45.5 Å². The summed E-state index contributed by atoms with van der Waals surface area (Å²) in [6, 6.07) is 14.4. The Morgan fingerprint density at radius 2 is 1.58 bits per heavy atom. The number of anilines is 1. The van der Waals surface area contributed by atoms with Crippen molar-refractivity contribution in [1.29, 1.82) is 0 Å². The quantitative estimate of drug-likeness (QED) is 0.0463. The SMILES string of the molecule is CC(NC(=O)Cc1cc2ccc(N)cc2oc1=O)C(=O)NC(C)C(=O)NC(Cc1ccccc1)C(=O)NCc1cc2c(cc1OS(=O)(=O)O)C(C)(C)C1=CC(=O)C=CC1=N2. The van der Waals surface area contributed by atoms with E-state index in [1.54, 1.807) is 48.5 Å². The van der Waals surface area contributed by atoms with Gasteiger partial charge in [-0.2, -0.15) is 8.42 Å². The highest BCUT2D eigenvalue weighted by molar-refractivity contribution is 7.81. The monoisotopic (exact) mass is 838 g/mol. The van der Waals surface area contributed by atoms with Crippen molar-refractivity contribution in [1.82, 2.24) is 21.3 Å². The van der Waals surface area contributed by atoms with Crippen LogP contribution in [0.15, 0.2) is 105 Å². The predicted octanol–water partition coefficient (Wildman–Crippen LogP) is 2.58. The molecule has 2 aliphatic rings. The molecule has 18 heteroatoms. The smallest absolute Gasteiger partial charge is 0.422 e. The summed E-state index contributed by atoms with van der Waals surface area (Å²) in [5.41, 5.74) is 7.73. The summed E-state index contributed by atoms with van der Waals surface area (Å²) in [6.07, 6.45) is 4.03. The van der Waals surface area contributed by atoms with Gasteiger partial charge in [0.15, 0.2) is 5.78 Å². The first kappa shape index (κ1) is 42.7. The molecule has 0 spiro atoms. The molecule has 0 fully saturated rings.